The van der Waals surface area contributed by atoms with Crippen LogP contribution in [0.4, 0.5) is 5.69 Å². The molecule has 3 rings (SSSR count). The molecule has 1 aliphatic heterocycles. The lowest BCUT2D eigenvalue weighted by Crippen LogP contribution is -2.48. The van der Waals surface area contributed by atoms with Crippen LogP contribution in [0.3, 0.4) is 0 Å². The molecule has 20 heavy (non-hydrogen) atoms. The van der Waals surface area contributed by atoms with Crippen molar-refractivity contribution in [1.82, 2.24) is 4.90 Å². The Kier molecular flexibility index (Phi) is 4.43. The summed E-state index contributed by atoms with van der Waals surface area (Å²) in [6, 6.07) is 8.33. The number of rotatable bonds is 5. The van der Waals surface area contributed by atoms with E-state index in [2.05, 4.69) is 4.90 Å². The number of nitrogens with zero attached hydrogens (tertiary/aromatic N) is 1. The Labute approximate surface area is 120 Å². The maximum atomic E-state index is 5.86. The van der Waals surface area contributed by atoms with Crippen molar-refractivity contribution >= 4 is 5.69 Å². The van der Waals surface area contributed by atoms with Crippen LogP contribution in [0, 0.1) is 0 Å². The number of hydrogen-bond donors (Lipinski definition) is 1. The van der Waals surface area contributed by atoms with Crippen molar-refractivity contribution in [2.24, 2.45) is 0 Å². The maximum Gasteiger partial charge on any atom is 0.142 e. The van der Waals surface area contributed by atoms with Crippen LogP contribution in [0.25, 0.3) is 0 Å². The quantitative estimate of drug-likeness (QED) is 0.662. The molecular weight excluding hydrogens is 252 g/mol. The Balaban J connectivity index is 1.42. The Hall–Kier alpha value is -1.26. The average molecular weight is 276 g/mol. The molecule has 0 bridgehead atoms. The summed E-state index contributed by atoms with van der Waals surface area (Å²) in [4.78, 5) is 2.58. The fraction of sp³-hybridized carbons (Fsp3) is 0.625. The van der Waals surface area contributed by atoms with Gasteiger partial charge in [-0.15, -0.1) is 0 Å². The third-order valence-electron chi connectivity index (χ3n) is 4.36. The maximum absolute atomic E-state index is 5.86. The van der Waals surface area contributed by atoms with Gasteiger partial charge in [-0.3, -0.25) is 4.90 Å². The highest BCUT2D eigenvalue weighted by molar-refractivity contribution is 5.51. The number of hydrogen-bond acceptors (Lipinski definition) is 4. The molecule has 1 saturated heterocycles. The van der Waals surface area contributed by atoms with Crippen LogP contribution in [-0.2, 0) is 4.74 Å². The Morgan fingerprint density at radius 1 is 1.30 bits per heavy atom. The van der Waals surface area contributed by atoms with Gasteiger partial charge in [-0.05, 0) is 37.8 Å². The molecule has 0 spiro atoms. The lowest BCUT2D eigenvalue weighted by atomic mass is 10.1. The first-order valence-electron chi connectivity index (χ1n) is 7.67. The molecule has 1 aromatic rings. The number of para-hydroxylation sites is 2. The van der Waals surface area contributed by atoms with Crippen molar-refractivity contribution in [2.45, 2.75) is 37.8 Å². The number of nitrogen functional groups attached to an aromatic ring is 1. The Morgan fingerprint density at radius 2 is 2.20 bits per heavy atom. The highest BCUT2D eigenvalue weighted by Crippen LogP contribution is 2.29. The van der Waals surface area contributed by atoms with Gasteiger partial charge in [0.2, 0.25) is 0 Å². The van der Waals surface area contributed by atoms with E-state index in [0.717, 1.165) is 44.2 Å². The Morgan fingerprint density at radius 3 is 3.10 bits per heavy atom. The molecule has 4 heteroatoms. The van der Waals surface area contributed by atoms with Gasteiger partial charge in [-0.1, -0.05) is 12.1 Å². The van der Waals surface area contributed by atoms with E-state index in [-0.39, 0.29) is 0 Å². The third kappa shape index (κ3) is 3.07. The standard InChI is InChI=1S/C16H24N2O2/c17-13-5-1-2-7-15(13)19-11-4-9-18-10-12-20-16-8-3-6-14(16)18/h1-2,5,7,14,16H,3-4,6,8-12,17H2. The van der Waals surface area contributed by atoms with E-state index in [1.807, 2.05) is 24.3 Å². The van der Waals surface area contributed by atoms with Gasteiger partial charge in [-0.2, -0.15) is 0 Å². The van der Waals surface area contributed by atoms with Gasteiger partial charge in [0.15, 0.2) is 0 Å². The van der Waals surface area contributed by atoms with E-state index in [0.29, 0.717) is 12.1 Å². The van der Waals surface area contributed by atoms with Crippen LogP contribution in [-0.4, -0.2) is 43.3 Å². The number of anilines is 1. The minimum atomic E-state index is 0.481. The molecule has 1 heterocycles. The predicted octanol–water partition coefficient (Wildman–Crippen LogP) is 2.29. The van der Waals surface area contributed by atoms with Gasteiger partial charge in [0.1, 0.15) is 5.75 Å². The predicted molar refractivity (Wildman–Crippen MR) is 79.9 cm³/mol. The lowest BCUT2D eigenvalue weighted by Gasteiger charge is -2.37. The van der Waals surface area contributed by atoms with Crippen molar-refractivity contribution in [2.75, 3.05) is 32.0 Å². The molecule has 0 radical (unpaired) electrons. The zero-order valence-corrected chi connectivity index (χ0v) is 12.0. The zero-order chi connectivity index (χ0) is 13.8. The number of nitrogens with two attached hydrogens (primary N) is 1. The van der Waals surface area contributed by atoms with Crippen molar-refractivity contribution in [3.05, 3.63) is 24.3 Å². The molecule has 2 fully saturated rings. The second kappa shape index (κ2) is 6.46. The summed E-state index contributed by atoms with van der Waals surface area (Å²) >= 11 is 0. The van der Waals surface area contributed by atoms with Crippen LogP contribution < -0.4 is 10.5 Å². The van der Waals surface area contributed by atoms with E-state index in [4.69, 9.17) is 15.2 Å². The molecule has 1 saturated carbocycles. The second-order valence-electron chi connectivity index (χ2n) is 5.68. The van der Waals surface area contributed by atoms with E-state index in [9.17, 15) is 0 Å². The highest BCUT2D eigenvalue weighted by atomic mass is 16.5. The van der Waals surface area contributed by atoms with Crippen molar-refractivity contribution in [3.8, 4) is 5.75 Å². The first-order chi connectivity index (χ1) is 9.84. The first kappa shape index (κ1) is 13.7. The summed E-state index contributed by atoms with van der Waals surface area (Å²) in [5.74, 6) is 0.799. The van der Waals surface area contributed by atoms with E-state index >= 15 is 0 Å². The zero-order valence-electron chi connectivity index (χ0n) is 12.0. The van der Waals surface area contributed by atoms with Gasteiger partial charge in [0.25, 0.3) is 0 Å². The van der Waals surface area contributed by atoms with Crippen molar-refractivity contribution in [1.29, 1.82) is 0 Å². The molecule has 2 atom stereocenters. The number of fused-ring (bicyclic) bond motifs is 1. The third-order valence-corrected chi connectivity index (χ3v) is 4.36. The summed E-state index contributed by atoms with van der Waals surface area (Å²) in [6.07, 6.45) is 5.35. The van der Waals surface area contributed by atoms with Gasteiger partial charge >= 0.3 is 0 Å². The van der Waals surface area contributed by atoms with E-state index < -0.39 is 0 Å². The van der Waals surface area contributed by atoms with Crippen LogP contribution in [0.5, 0.6) is 5.75 Å². The molecule has 2 aliphatic rings. The molecule has 0 aromatic heterocycles. The minimum Gasteiger partial charge on any atom is -0.491 e. The van der Waals surface area contributed by atoms with Gasteiger partial charge < -0.3 is 15.2 Å². The summed E-state index contributed by atoms with van der Waals surface area (Å²) < 4.78 is 11.6. The van der Waals surface area contributed by atoms with E-state index in [1.165, 1.54) is 19.3 Å². The van der Waals surface area contributed by atoms with Crippen molar-refractivity contribution < 1.29 is 9.47 Å². The topological polar surface area (TPSA) is 47.7 Å². The summed E-state index contributed by atoms with van der Waals surface area (Å²) in [7, 11) is 0. The van der Waals surface area contributed by atoms with Crippen LogP contribution in [0.2, 0.25) is 0 Å². The molecular formula is C16H24N2O2. The first-order valence-corrected chi connectivity index (χ1v) is 7.67. The van der Waals surface area contributed by atoms with Gasteiger partial charge in [0.05, 0.1) is 25.0 Å². The highest BCUT2D eigenvalue weighted by Gasteiger charge is 2.35. The average Bonchev–Trinajstić information content (AvgIpc) is 2.94. The van der Waals surface area contributed by atoms with Crippen LogP contribution in [0.1, 0.15) is 25.7 Å². The normalized spacial score (nSPS) is 26.4. The van der Waals surface area contributed by atoms with Crippen LogP contribution >= 0.6 is 0 Å². The van der Waals surface area contributed by atoms with Gasteiger partial charge in [-0.25, -0.2) is 0 Å². The van der Waals surface area contributed by atoms with Gasteiger partial charge in [0, 0.05) is 19.1 Å². The molecule has 2 unspecified atom stereocenters. The fourth-order valence-electron chi connectivity index (χ4n) is 3.35. The monoisotopic (exact) mass is 276 g/mol. The SMILES string of the molecule is Nc1ccccc1OCCCN1CCOC2CCCC21. The van der Waals surface area contributed by atoms with Crippen molar-refractivity contribution in [3.63, 3.8) is 0 Å². The summed E-state index contributed by atoms with van der Waals surface area (Å²) in [5, 5.41) is 0. The Bertz CT molecular complexity index is 438. The molecule has 4 nitrogen and oxygen atoms in total. The van der Waals surface area contributed by atoms with Crippen LogP contribution in [0.15, 0.2) is 24.3 Å². The summed E-state index contributed by atoms with van der Waals surface area (Å²) in [5.41, 5.74) is 6.58. The molecule has 0 amide bonds. The minimum absolute atomic E-state index is 0.481. The number of ether oxygens (including phenoxy) is 2. The number of morpholine rings is 1. The number of benzene rings is 1. The fourth-order valence-corrected chi connectivity index (χ4v) is 3.35. The summed E-state index contributed by atoms with van der Waals surface area (Å²) in [6.45, 7) is 3.77. The largest absolute Gasteiger partial charge is 0.491 e. The lowest BCUT2D eigenvalue weighted by molar-refractivity contribution is -0.0564. The smallest absolute Gasteiger partial charge is 0.142 e. The molecule has 110 valence electrons. The molecule has 2 N–H and O–H groups in total. The second-order valence-corrected chi connectivity index (χ2v) is 5.68. The van der Waals surface area contributed by atoms with E-state index in [1.54, 1.807) is 0 Å². The molecule has 1 aliphatic carbocycles. The molecule has 1 aromatic carbocycles.